The van der Waals surface area contributed by atoms with Gasteiger partial charge in [0.05, 0.1) is 0 Å². The summed E-state index contributed by atoms with van der Waals surface area (Å²) in [6.07, 6.45) is 1.50. The lowest BCUT2D eigenvalue weighted by Crippen LogP contribution is -2.00. The Morgan fingerprint density at radius 3 is 2.31 bits per heavy atom. The van der Waals surface area contributed by atoms with E-state index in [0.717, 1.165) is 5.69 Å². The Balaban J connectivity index is 2.34. The number of aryl methyl sites for hydroxylation is 1. The molecule has 0 unspecified atom stereocenters. The van der Waals surface area contributed by atoms with Crippen LogP contribution in [-0.4, -0.2) is 9.97 Å². The van der Waals surface area contributed by atoms with E-state index >= 15 is 0 Å². The van der Waals surface area contributed by atoms with Gasteiger partial charge in [-0.1, -0.05) is 0 Å². The molecule has 2 aromatic rings. The second-order valence-electron chi connectivity index (χ2n) is 3.28. The molecule has 84 valence electrons. The molecule has 0 amide bonds. The average Bonchev–Trinajstić information content (AvgIpc) is 2.58. The molecule has 0 fully saturated rings. The Labute approximate surface area is 89.3 Å². The number of hydrogen-bond acceptors (Lipinski definition) is 2. The highest BCUT2D eigenvalue weighted by Gasteiger charge is 2.12. The van der Waals surface area contributed by atoms with Crippen LogP contribution >= 0.6 is 0 Å². The van der Waals surface area contributed by atoms with E-state index in [-0.39, 0.29) is 5.95 Å². The number of imidazole rings is 1. The predicted molar refractivity (Wildman–Crippen MR) is 52.9 cm³/mol. The molecule has 1 aromatic carbocycles. The first-order chi connectivity index (χ1) is 7.56. The molecular weight excluding hydrogens is 219 g/mol. The molecule has 1 aromatic heterocycles. The first kappa shape index (κ1) is 10.5. The Hall–Kier alpha value is -1.98. The summed E-state index contributed by atoms with van der Waals surface area (Å²) < 4.78 is 39.1. The summed E-state index contributed by atoms with van der Waals surface area (Å²) >= 11 is 0. The highest BCUT2D eigenvalue weighted by Crippen LogP contribution is 2.22. The van der Waals surface area contributed by atoms with Crippen molar-refractivity contribution in [1.29, 1.82) is 0 Å². The highest BCUT2D eigenvalue weighted by atomic mass is 19.1. The van der Waals surface area contributed by atoms with Crippen LogP contribution in [0.5, 0.6) is 0 Å². The van der Waals surface area contributed by atoms with E-state index < -0.39 is 23.1 Å². The smallest absolute Gasteiger partial charge is 0.204 e. The number of nitrogens with one attached hydrogen (secondary N) is 2. The average molecular weight is 227 g/mol. The van der Waals surface area contributed by atoms with Crippen LogP contribution in [0.25, 0.3) is 0 Å². The fourth-order valence-electron chi connectivity index (χ4n) is 1.26. The standard InChI is InChI=1S/C10H8F3N3/c1-5-4-14-10(15-5)16-9-7(12)2-6(11)3-8(9)13/h2-4H,1H3,(H2,14,15,16). The van der Waals surface area contributed by atoms with Gasteiger partial charge in [-0.2, -0.15) is 0 Å². The molecule has 2 rings (SSSR count). The summed E-state index contributed by atoms with van der Waals surface area (Å²) in [5, 5.41) is 2.41. The molecule has 16 heavy (non-hydrogen) atoms. The van der Waals surface area contributed by atoms with E-state index in [0.29, 0.717) is 12.1 Å². The molecule has 3 nitrogen and oxygen atoms in total. The van der Waals surface area contributed by atoms with Crippen LogP contribution in [0.15, 0.2) is 18.3 Å². The number of aromatic amines is 1. The van der Waals surface area contributed by atoms with Gasteiger partial charge in [0.1, 0.15) is 11.5 Å². The number of H-pyrrole nitrogens is 1. The van der Waals surface area contributed by atoms with Crippen molar-refractivity contribution in [2.24, 2.45) is 0 Å². The molecule has 6 heteroatoms. The molecule has 0 aliphatic rings. The minimum absolute atomic E-state index is 0.196. The van der Waals surface area contributed by atoms with Gasteiger partial charge in [-0.05, 0) is 6.92 Å². The minimum Gasteiger partial charge on any atom is -0.328 e. The second-order valence-corrected chi connectivity index (χ2v) is 3.28. The van der Waals surface area contributed by atoms with Gasteiger partial charge >= 0.3 is 0 Å². The fourth-order valence-corrected chi connectivity index (χ4v) is 1.26. The summed E-state index contributed by atoms with van der Waals surface area (Å²) in [4.78, 5) is 6.57. The molecule has 2 N–H and O–H groups in total. The van der Waals surface area contributed by atoms with Crippen molar-refractivity contribution in [2.45, 2.75) is 6.92 Å². The number of rotatable bonds is 2. The van der Waals surface area contributed by atoms with Gasteiger partial charge in [-0.25, -0.2) is 18.2 Å². The van der Waals surface area contributed by atoms with Crippen LogP contribution in [0.1, 0.15) is 5.69 Å². The van der Waals surface area contributed by atoms with Crippen LogP contribution in [0, 0.1) is 24.4 Å². The summed E-state index contributed by atoms with van der Waals surface area (Å²) in [6, 6.07) is 1.20. The Kier molecular flexibility index (Phi) is 2.55. The van der Waals surface area contributed by atoms with Gasteiger partial charge in [0.15, 0.2) is 11.6 Å². The maximum Gasteiger partial charge on any atom is 0.204 e. The van der Waals surface area contributed by atoms with Crippen molar-refractivity contribution in [3.05, 3.63) is 41.5 Å². The van der Waals surface area contributed by atoms with Crippen molar-refractivity contribution in [1.82, 2.24) is 9.97 Å². The van der Waals surface area contributed by atoms with Crippen LogP contribution in [0.3, 0.4) is 0 Å². The zero-order valence-electron chi connectivity index (χ0n) is 8.31. The largest absolute Gasteiger partial charge is 0.328 e. The van der Waals surface area contributed by atoms with Crippen molar-refractivity contribution < 1.29 is 13.2 Å². The monoisotopic (exact) mass is 227 g/mol. The molecular formula is C10H8F3N3. The lowest BCUT2D eigenvalue weighted by molar-refractivity contribution is 0.548. The van der Waals surface area contributed by atoms with Gasteiger partial charge in [-0.15, -0.1) is 0 Å². The fraction of sp³-hybridized carbons (Fsp3) is 0.100. The van der Waals surface area contributed by atoms with Crippen molar-refractivity contribution in [2.75, 3.05) is 5.32 Å². The number of benzene rings is 1. The summed E-state index contributed by atoms with van der Waals surface area (Å²) in [5.74, 6) is -2.78. The summed E-state index contributed by atoms with van der Waals surface area (Å²) in [5.41, 5.74) is 0.307. The quantitative estimate of drug-likeness (QED) is 0.828. The van der Waals surface area contributed by atoms with E-state index in [1.807, 2.05) is 0 Å². The van der Waals surface area contributed by atoms with E-state index in [2.05, 4.69) is 15.3 Å². The van der Waals surface area contributed by atoms with Gasteiger partial charge < -0.3 is 10.3 Å². The normalized spacial score (nSPS) is 10.5. The third-order valence-electron chi connectivity index (χ3n) is 1.95. The van der Waals surface area contributed by atoms with Gasteiger partial charge in [0.2, 0.25) is 5.95 Å². The first-order valence-corrected chi connectivity index (χ1v) is 4.49. The first-order valence-electron chi connectivity index (χ1n) is 4.49. The summed E-state index contributed by atoms with van der Waals surface area (Å²) in [7, 11) is 0. The zero-order valence-corrected chi connectivity index (χ0v) is 8.31. The van der Waals surface area contributed by atoms with Crippen LogP contribution in [0.4, 0.5) is 24.8 Å². The minimum atomic E-state index is -1.01. The highest BCUT2D eigenvalue weighted by molar-refractivity contribution is 5.55. The van der Waals surface area contributed by atoms with Gasteiger partial charge in [-0.3, -0.25) is 0 Å². The number of halogens is 3. The number of aromatic nitrogens is 2. The Morgan fingerprint density at radius 1 is 1.19 bits per heavy atom. The SMILES string of the molecule is Cc1cnc(Nc2c(F)cc(F)cc2F)[nH]1. The van der Waals surface area contributed by atoms with Crippen molar-refractivity contribution in [3.8, 4) is 0 Å². The maximum absolute atomic E-state index is 13.2. The van der Waals surface area contributed by atoms with E-state index in [1.165, 1.54) is 6.20 Å². The van der Waals surface area contributed by atoms with Gasteiger partial charge in [0, 0.05) is 24.0 Å². The number of anilines is 2. The number of nitrogens with zero attached hydrogens (tertiary/aromatic N) is 1. The predicted octanol–water partition coefficient (Wildman–Crippen LogP) is 2.88. The molecule has 1 heterocycles. The second kappa shape index (κ2) is 3.88. The molecule has 0 saturated carbocycles. The number of hydrogen-bond donors (Lipinski definition) is 2. The summed E-state index contributed by atoms with van der Waals surface area (Å²) in [6.45, 7) is 1.75. The Morgan fingerprint density at radius 2 is 1.81 bits per heavy atom. The third kappa shape index (κ3) is 2.00. The molecule has 0 bridgehead atoms. The van der Waals surface area contributed by atoms with Crippen molar-refractivity contribution >= 4 is 11.6 Å². The topological polar surface area (TPSA) is 40.7 Å². The van der Waals surface area contributed by atoms with Crippen LogP contribution < -0.4 is 5.32 Å². The lowest BCUT2D eigenvalue weighted by Gasteiger charge is -2.05. The molecule has 0 aliphatic carbocycles. The van der Waals surface area contributed by atoms with Gasteiger partial charge in [0.25, 0.3) is 0 Å². The maximum atomic E-state index is 13.2. The van der Waals surface area contributed by atoms with Crippen LogP contribution in [-0.2, 0) is 0 Å². The van der Waals surface area contributed by atoms with E-state index in [4.69, 9.17) is 0 Å². The molecule has 0 spiro atoms. The van der Waals surface area contributed by atoms with Crippen LogP contribution in [0.2, 0.25) is 0 Å². The molecule has 0 atom stereocenters. The molecule has 0 radical (unpaired) electrons. The van der Waals surface area contributed by atoms with E-state index in [1.54, 1.807) is 6.92 Å². The molecule has 0 saturated heterocycles. The zero-order chi connectivity index (χ0) is 11.7. The lowest BCUT2D eigenvalue weighted by atomic mass is 10.3. The Bertz CT molecular complexity index is 499. The molecule has 0 aliphatic heterocycles. The third-order valence-corrected chi connectivity index (χ3v) is 1.95. The van der Waals surface area contributed by atoms with Crippen molar-refractivity contribution in [3.63, 3.8) is 0 Å². The van der Waals surface area contributed by atoms with E-state index in [9.17, 15) is 13.2 Å².